The van der Waals surface area contributed by atoms with E-state index in [2.05, 4.69) is 16.3 Å². The second kappa shape index (κ2) is 11.2. The summed E-state index contributed by atoms with van der Waals surface area (Å²) in [7, 11) is -4.04. The number of hydrogen-bond acceptors (Lipinski definition) is 10. The van der Waals surface area contributed by atoms with E-state index in [0.29, 0.717) is 38.6 Å². The molecule has 0 aromatic carbocycles. The minimum atomic E-state index is -4.04. The first-order valence-corrected chi connectivity index (χ1v) is 14.3. The van der Waals surface area contributed by atoms with E-state index in [9.17, 15) is 32.9 Å². The summed E-state index contributed by atoms with van der Waals surface area (Å²) in [5, 5.41) is 35.4. The molecule has 202 valence electrons. The van der Waals surface area contributed by atoms with Crippen LogP contribution in [-0.2, 0) is 19.4 Å². The average Bonchev–Trinajstić information content (AvgIpc) is 3.29. The first-order chi connectivity index (χ1) is 16.6. The molecule has 5 unspecified atom stereocenters. The molecule has 1 amide bonds. The Labute approximate surface area is 205 Å². The zero-order chi connectivity index (χ0) is 25.3. The van der Waals surface area contributed by atoms with Gasteiger partial charge in [-0.3, -0.25) is 4.79 Å². The van der Waals surface area contributed by atoms with Crippen molar-refractivity contribution >= 4 is 15.7 Å². The molecule has 2 saturated carbocycles. The predicted molar refractivity (Wildman–Crippen MR) is 124 cm³/mol. The van der Waals surface area contributed by atoms with Crippen LogP contribution in [0.15, 0.2) is 0 Å². The SMILES string of the molecule is CC(=O)NC1CCCC(S(=O)(=O)[C@@H]2O[C@H](CO)[C@H](O)[C@H](N3CC(C4CCCC(F)C4)NN3)[C@H]2O)C1. The third-order valence-corrected chi connectivity index (χ3v) is 10.4. The summed E-state index contributed by atoms with van der Waals surface area (Å²) in [6.45, 7) is 1.09. The Hall–Kier alpha value is -0.930. The van der Waals surface area contributed by atoms with Gasteiger partial charge in [-0.25, -0.2) is 23.2 Å². The van der Waals surface area contributed by atoms with Crippen LogP contribution in [0.3, 0.4) is 0 Å². The predicted octanol–water partition coefficient (Wildman–Crippen LogP) is -1.12. The molecular weight excluding hydrogens is 483 g/mol. The van der Waals surface area contributed by atoms with Crippen LogP contribution < -0.4 is 16.3 Å². The molecule has 0 aromatic rings. The lowest BCUT2D eigenvalue weighted by atomic mass is 9.83. The van der Waals surface area contributed by atoms with Gasteiger partial charge in [0.15, 0.2) is 15.3 Å². The fourth-order valence-corrected chi connectivity index (χ4v) is 8.45. The lowest BCUT2D eigenvalue weighted by Crippen LogP contribution is -2.68. The number of hydrogen-bond donors (Lipinski definition) is 6. The molecule has 35 heavy (non-hydrogen) atoms. The van der Waals surface area contributed by atoms with Gasteiger partial charge in [0.1, 0.15) is 24.5 Å². The number of ether oxygens (including phenoxy) is 1. The largest absolute Gasteiger partial charge is 0.394 e. The van der Waals surface area contributed by atoms with Gasteiger partial charge >= 0.3 is 0 Å². The van der Waals surface area contributed by atoms with Gasteiger partial charge in [0.25, 0.3) is 0 Å². The third-order valence-electron chi connectivity index (χ3n) is 8.04. The molecule has 4 rings (SSSR count). The second-order valence-electron chi connectivity index (χ2n) is 10.5. The molecule has 13 heteroatoms. The number of aliphatic hydroxyl groups excluding tert-OH is 3. The Balaban J connectivity index is 1.50. The van der Waals surface area contributed by atoms with Gasteiger partial charge in [0.05, 0.1) is 17.9 Å². The van der Waals surface area contributed by atoms with Crippen LogP contribution in [0.4, 0.5) is 4.39 Å². The molecule has 11 nitrogen and oxygen atoms in total. The topological polar surface area (TPSA) is 160 Å². The van der Waals surface area contributed by atoms with Crippen molar-refractivity contribution < 1.29 is 37.7 Å². The Bertz CT molecular complexity index is 852. The van der Waals surface area contributed by atoms with Crippen LogP contribution in [0.2, 0.25) is 0 Å². The van der Waals surface area contributed by atoms with Gasteiger partial charge < -0.3 is 25.4 Å². The fourth-order valence-electron chi connectivity index (χ4n) is 6.22. The zero-order valence-electron chi connectivity index (χ0n) is 20.1. The summed E-state index contributed by atoms with van der Waals surface area (Å²) in [5.41, 5.74) is 4.40. The summed E-state index contributed by atoms with van der Waals surface area (Å²) < 4.78 is 46.7. The van der Waals surface area contributed by atoms with Crippen LogP contribution in [0.1, 0.15) is 58.3 Å². The molecule has 0 radical (unpaired) electrons. The number of sulfone groups is 1. The standard InChI is InChI=1S/C22H39FN4O7S/c1-12(29)24-15-6-3-7-16(9-15)35(32,33)22-21(31)19(20(30)18(11-28)34-22)27-10-17(25-26-27)13-4-2-5-14(23)8-13/h13-22,25-26,28,30-31H,2-11H2,1H3,(H,24,29)/t13?,14?,15?,16?,17?,18-,19+,20+,21-,22+/m1/s1. The highest BCUT2D eigenvalue weighted by molar-refractivity contribution is 7.92. The van der Waals surface area contributed by atoms with E-state index in [1.807, 2.05) is 0 Å². The first-order valence-electron chi connectivity index (χ1n) is 12.7. The van der Waals surface area contributed by atoms with Gasteiger partial charge in [-0.05, 0) is 44.4 Å². The number of nitrogens with zero attached hydrogens (tertiary/aromatic N) is 1. The van der Waals surface area contributed by atoms with Crippen LogP contribution in [0.5, 0.6) is 0 Å². The summed E-state index contributed by atoms with van der Waals surface area (Å²) in [5.74, 6) is -0.156. The smallest absolute Gasteiger partial charge is 0.217 e. The molecule has 2 saturated heterocycles. The van der Waals surface area contributed by atoms with Crippen molar-refractivity contribution in [1.82, 2.24) is 21.3 Å². The molecule has 2 aliphatic carbocycles. The van der Waals surface area contributed by atoms with E-state index in [4.69, 9.17) is 4.74 Å². The normalized spacial score (nSPS) is 43.7. The Morgan fingerprint density at radius 3 is 2.57 bits per heavy atom. The number of hydrazine groups is 2. The van der Waals surface area contributed by atoms with E-state index in [-0.39, 0.29) is 30.3 Å². The molecule has 0 bridgehead atoms. The molecule has 2 aliphatic heterocycles. The minimum absolute atomic E-state index is 0.0755. The van der Waals surface area contributed by atoms with Crippen molar-refractivity contribution in [2.45, 2.75) is 112 Å². The second-order valence-corrected chi connectivity index (χ2v) is 12.8. The number of amides is 1. The van der Waals surface area contributed by atoms with E-state index < -0.39 is 57.7 Å². The van der Waals surface area contributed by atoms with Gasteiger partial charge in [-0.15, -0.1) is 0 Å². The van der Waals surface area contributed by atoms with Gasteiger partial charge in [-0.1, -0.05) is 12.8 Å². The number of nitrogens with one attached hydrogen (secondary N) is 3. The number of carbonyl (C=O) groups excluding carboxylic acids is 1. The summed E-state index contributed by atoms with van der Waals surface area (Å²) in [4.78, 5) is 11.5. The number of carbonyl (C=O) groups is 1. The van der Waals surface area contributed by atoms with Crippen LogP contribution in [0.25, 0.3) is 0 Å². The highest BCUT2D eigenvalue weighted by atomic mass is 32.2. The van der Waals surface area contributed by atoms with E-state index >= 15 is 0 Å². The van der Waals surface area contributed by atoms with Crippen molar-refractivity contribution in [2.75, 3.05) is 13.2 Å². The number of alkyl halides is 1. The van der Waals surface area contributed by atoms with Gasteiger partial charge in [0.2, 0.25) is 5.91 Å². The zero-order valence-corrected chi connectivity index (χ0v) is 20.9. The van der Waals surface area contributed by atoms with Crippen molar-refractivity contribution in [3.63, 3.8) is 0 Å². The molecule has 10 atom stereocenters. The maximum Gasteiger partial charge on any atom is 0.217 e. The van der Waals surface area contributed by atoms with Crippen LogP contribution in [-0.4, -0.2) is 101 Å². The van der Waals surface area contributed by atoms with Crippen LogP contribution >= 0.6 is 0 Å². The van der Waals surface area contributed by atoms with E-state index in [1.54, 1.807) is 5.01 Å². The Morgan fingerprint density at radius 2 is 1.89 bits per heavy atom. The van der Waals surface area contributed by atoms with Gasteiger partial charge in [-0.2, -0.15) is 5.53 Å². The first kappa shape index (κ1) is 27.1. The van der Waals surface area contributed by atoms with E-state index in [0.717, 1.165) is 12.8 Å². The van der Waals surface area contributed by atoms with Crippen molar-refractivity contribution in [3.8, 4) is 0 Å². The van der Waals surface area contributed by atoms with Crippen molar-refractivity contribution in [2.24, 2.45) is 5.92 Å². The minimum Gasteiger partial charge on any atom is -0.394 e. The monoisotopic (exact) mass is 522 g/mol. The molecule has 4 aliphatic rings. The van der Waals surface area contributed by atoms with Crippen molar-refractivity contribution in [3.05, 3.63) is 0 Å². The highest BCUT2D eigenvalue weighted by Gasteiger charge is 2.54. The molecule has 2 heterocycles. The Morgan fingerprint density at radius 1 is 1.14 bits per heavy atom. The van der Waals surface area contributed by atoms with Gasteiger partial charge in [0, 0.05) is 25.6 Å². The number of aliphatic hydroxyl groups is 3. The molecule has 0 aromatic heterocycles. The number of halogens is 1. The highest BCUT2D eigenvalue weighted by Crippen LogP contribution is 2.35. The quantitative estimate of drug-likeness (QED) is 0.252. The third kappa shape index (κ3) is 5.82. The lowest BCUT2D eigenvalue weighted by molar-refractivity contribution is -0.195. The summed E-state index contributed by atoms with van der Waals surface area (Å²) >= 11 is 0. The van der Waals surface area contributed by atoms with Crippen LogP contribution in [0, 0.1) is 5.92 Å². The molecule has 6 N–H and O–H groups in total. The average molecular weight is 523 g/mol. The maximum absolute atomic E-state index is 13.9. The summed E-state index contributed by atoms with van der Waals surface area (Å²) in [6.07, 6.45) is -0.504. The molecule has 4 fully saturated rings. The molecular formula is C22H39FN4O7S. The summed E-state index contributed by atoms with van der Waals surface area (Å²) in [6, 6.07) is -1.48. The maximum atomic E-state index is 13.9. The lowest BCUT2D eigenvalue weighted by Gasteiger charge is -2.46. The molecule has 0 spiro atoms. The van der Waals surface area contributed by atoms with Crippen molar-refractivity contribution in [1.29, 1.82) is 0 Å². The Kier molecular flexibility index (Phi) is 8.69. The fraction of sp³-hybridized carbons (Fsp3) is 0.955. The number of rotatable bonds is 6. The van der Waals surface area contributed by atoms with E-state index in [1.165, 1.54) is 6.92 Å².